The Bertz CT molecular complexity index is 604. The molecule has 2 N–H and O–H groups in total. The Morgan fingerprint density at radius 1 is 1.44 bits per heavy atom. The van der Waals surface area contributed by atoms with Gasteiger partial charge in [-0.1, -0.05) is 6.07 Å². The van der Waals surface area contributed by atoms with Gasteiger partial charge in [0.15, 0.2) is 0 Å². The zero-order chi connectivity index (χ0) is 13.1. The first-order valence-electron chi connectivity index (χ1n) is 5.44. The van der Waals surface area contributed by atoms with E-state index in [2.05, 4.69) is 10.3 Å². The number of aromatic nitrogens is 2. The van der Waals surface area contributed by atoms with Gasteiger partial charge < -0.3 is 15.0 Å². The number of carbonyl (C=O) groups excluding carboxylic acids is 1. The van der Waals surface area contributed by atoms with Crippen LogP contribution in [-0.2, 0) is 23.1 Å². The fourth-order valence-electron chi connectivity index (χ4n) is 1.71. The van der Waals surface area contributed by atoms with Crippen LogP contribution < -0.4 is 5.32 Å². The molecular weight excluding hydrogens is 234 g/mol. The van der Waals surface area contributed by atoms with E-state index in [-0.39, 0.29) is 18.9 Å². The van der Waals surface area contributed by atoms with Gasteiger partial charge in [0.05, 0.1) is 23.8 Å². The molecule has 6 nitrogen and oxygen atoms in total. The Balaban J connectivity index is 2.07. The molecule has 0 aliphatic carbocycles. The summed E-state index contributed by atoms with van der Waals surface area (Å²) < 4.78 is 1.89. The quantitative estimate of drug-likeness (QED) is 0.814. The SMILES string of the molecule is Cn1cnc2cc(CC(=O)NCC(=O)O)ccc21. The van der Waals surface area contributed by atoms with E-state index in [1.54, 1.807) is 6.33 Å². The highest BCUT2D eigenvalue weighted by molar-refractivity contribution is 5.84. The summed E-state index contributed by atoms with van der Waals surface area (Å²) in [6, 6.07) is 5.56. The molecule has 1 aromatic heterocycles. The van der Waals surface area contributed by atoms with Crippen molar-refractivity contribution >= 4 is 22.9 Å². The Labute approximate surface area is 103 Å². The lowest BCUT2D eigenvalue weighted by molar-refractivity contribution is -0.137. The third-order valence-electron chi connectivity index (χ3n) is 2.59. The fourth-order valence-corrected chi connectivity index (χ4v) is 1.71. The highest BCUT2D eigenvalue weighted by atomic mass is 16.4. The third kappa shape index (κ3) is 2.65. The van der Waals surface area contributed by atoms with E-state index in [1.807, 2.05) is 29.8 Å². The van der Waals surface area contributed by atoms with Crippen molar-refractivity contribution in [3.05, 3.63) is 30.1 Å². The largest absolute Gasteiger partial charge is 0.480 e. The monoisotopic (exact) mass is 247 g/mol. The lowest BCUT2D eigenvalue weighted by Gasteiger charge is -2.03. The van der Waals surface area contributed by atoms with Crippen LogP contribution in [0.1, 0.15) is 5.56 Å². The molecule has 18 heavy (non-hydrogen) atoms. The number of hydrogen-bond donors (Lipinski definition) is 2. The van der Waals surface area contributed by atoms with Gasteiger partial charge in [-0.3, -0.25) is 9.59 Å². The normalized spacial score (nSPS) is 10.5. The molecule has 0 bridgehead atoms. The molecule has 0 radical (unpaired) electrons. The second-order valence-electron chi connectivity index (χ2n) is 4.03. The standard InChI is InChI=1S/C12H13N3O3/c1-15-7-14-9-4-8(2-3-10(9)15)5-11(16)13-6-12(17)18/h2-4,7H,5-6H2,1H3,(H,13,16)(H,17,18). The van der Waals surface area contributed by atoms with Crippen LogP contribution >= 0.6 is 0 Å². The number of benzene rings is 1. The summed E-state index contributed by atoms with van der Waals surface area (Å²) in [6.07, 6.45) is 1.86. The van der Waals surface area contributed by atoms with E-state index >= 15 is 0 Å². The predicted octanol–water partition coefficient (Wildman–Crippen LogP) is 0.317. The average Bonchev–Trinajstić information content (AvgIpc) is 2.68. The van der Waals surface area contributed by atoms with Gasteiger partial charge in [0.1, 0.15) is 6.54 Å². The molecule has 94 valence electrons. The van der Waals surface area contributed by atoms with Gasteiger partial charge in [-0.25, -0.2) is 4.98 Å². The lowest BCUT2D eigenvalue weighted by atomic mass is 10.1. The van der Waals surface area contributed by atoms with Crippen molar-refractivity contribution < 1.29 is 14.7 Å². The molecule has 0 unspecified atom stereocenters. The predicted molar refractivity (Wildman–Crippen MR) is 65.1 cm³/mol. The number of nitrogens with zero attached hydrogens (tertiary/aromatic N) is 2. The van der Waals surface area contributed by atoms with Crippen molar-refractivity contribution in [2.45, 2.75) is 6.42 Å². The molecule has 0 aliphatic rings. The van der Waals surface area contributed by atoms with Gasteiger partial charge in [-0.2, -0.15) is 0 Å². The van der Waals surface area contributed by atoms with Crippen molar-refractivity contribution in [1.82, 2.24) is 14.9 Å². The fraction of sp³-hybridized carbons (Fsp3) is 0.250. The summed E-state index contributed by atoms with van der Waals surface area (Å²) >= 11 is 0. The number of carbonyl (C=O) groups is 2. The summed E-state index contributed by atoms with van der Waals surface area (Å²) in [5.41, 5.74) is 2.62. The minimum absolute atomic E-state index is 0.153. The first-order valence-corrected chi connectivity index (χ1v) is 5.44. The van der Waals surface area contributed by atoms with Crippen LogP contribution in [0.25, 0.3) is 11.0 Å². The van der Waals surface area contributed by atoms with Crippen LogP contribution in [0.15, 0.2) is 24.5 Å². The van der Waals surface area contributed by atoms with Crippen molar-refractivity contribution in [2.24, 2.45) is 7.05 Å². The van der Waals surface area contributed by atoms with Gasteiger partial charge in [0, 0.05) is 7.05 Å². The Hall–Kier alpha value is -2.37. The summed E-state index contributed by atoms with van der Waals surface area (Å²) in [5, 5.41) is 10.8. The molecule has 0 saturated carbocycles. The van der Waals surface area contributed by atoms with Gasteiger partial charge in [0.25, 0.3) is 0 Å². The van der Waals surface area contributed by atoms with Crippen molar-refractivity contribution in [3.8, 4) is 0 Å². The third-order valence-corrected chi connectivity index (χ3v) is 2.59. The van der Waals surface area contributed by atoms with Crippen LogP contribution in [0.5, 0.6) is 0 Å². The molecule has 1 amide bonds. The second kappa shape index (κ2) is 4.87. The number of aryl methyl sites for hydroxylation is 1. The van der Waals surface area contributed by atoms with Crippen LogP contribution in [0.2, 0.25) is 0 Å². The van der Waals surface area contributed by atoms with E-state index in [0.29, 0.717) is 0 Å². The minimum Gasteiger partial charge on any atom is -0.480 e. The molecule has 0 aliphatic heterocycles. The number of amides is 1. The van der Waals surface area contributed by atoms with Crippen LogP contribution in [0.3, 0.4) is 0 Å². The summed E-state index contributed by atoms with van der Waals surface area (Å²) in [5.74, 6) is -1.36. The number of fused-ring (bicyclic) bond motifs is 1. The first-order chi connectivity index (χ1) is 8.56. The van der Waals surface area contributed by atoms with E-state index in [0.717, 1.165) is 16.6 Å². The molecule has 1 aromatic carbocycles. The van der Waals surface area contributed by atoms with E-state index in [9.17, 15) is 9.59 Å². The number of aliphatic carboxylic acids is 1. The molecule has 6 heteroatoms. The van der Waals surface area contributed by atoms with Crippen LogP contribution in [0.4, 0.5) is 0 Å². The molecule has 1 heterocycles. The molecule has 0 spiro atoms. The van der Waals surface area contributed by atoms with Crippen LogP contribution in [-0.4, -0.2) is 33.1 Å². The summed E-state index contributed by atoms with van der Waals surface area (Å²) in [4.78, 5) is 26.0. The summed E-state index contributed by atoms with van der Waals surface area (Å²) in [6.45, 7) is -0.356. The summed E-state index contributed by atoms with van der Waals surface area (Å²) in [7, 11) is 1.90. The molecule has 0 fully saturated rings. The maximum absolute atomic E-state index is 11.5. The van der Waals surface area contributed by atoms with Gasteiger partial charge in [-0.15, -0.1) is 0 Å². The zero-order valence-corrected chi connectivity index (χ0v) is 9.88. The van der Waals surface area contributed by atoms with Crippen LogP contribution in [0, 0.1) is 0 Å². The van der Waals surface area contributed by atoms with E-state index < -0.39 is 5.97 Å². The van der Waals surface area contributed by atoms with Gasteiger partial charge in [0.2, 0.25) is 5.91 Å². The molecular formula is C12H13N3O3. The molecule has 0 saturated heterocycles. The maximum atomic E-state index is 11.5. The lowest BCUT2D eigenvalue weighted by Crippen LogP contribution is -2.30. The van der Waals surface area contributed by atoms with Gasteiger partial charge in [-0.05, 0) is 17.7 Å². The van der Waals surface area contributed by atoms with Crippen molar-refractivity contribution in [2.75, 3.05) is 6.54 Å². The Morgan fingerprint density at radius 3 is 2.94 bits per heavy atom. The van der Waals surface area contributed by atoms with E-state index in [4.69, 9.17) is 5.11 Å². The number of nitrogens with one attached hydrogen (secondary N) is 1. The Kier molecular flexibility index (Phi) is 3.27. The number of hydrogen-bond acceptors (Lipinski definition) is 3. The number of carboxylic acids is 1. The van der Waals surface area contributed by atoms with Crippen molar-refractivity contribution in [3.63, 3.8) is 0 Å². The first kappa shape index (κ1) is 12.1. The Morgan fingerprint density at radius 2 is 2.22 bits per heavy atom. The zero-order valence-electron chi connectivity index (χ0n) is 9.88. The highest BCUT2D eigenvalue weighted by Crippen LogP contribution is 2.14. The van der Waals surface area contributed by atoms with Gasteiger partial charge >= 0.3 is 5.97 Å². The highest BCUT2D eigenvalue weighted by Gasteiger charge is 2.07. The molecule has 0 atom stereocenters. The number of rotatable bonds is 4. The average molecular weight is 247 g/mol. The van der Waals surface area contributed by atoms with E-state index in [1.165, 1.54) is 0 Å². The second-order valence-corrected chi connectivity index (χ2v) is 4.03. The minimum atomic E-state index is -1.05. The topological polar surface area (TPSA) is 84.2 Å². The maximum Gasteiger partial charge on any atom is 0.322 e. The molecule has 2 aromatic rings. The molecule has 2 rings (SSSR count). The smallest absolute Gasteiger partial charge is 0.322 e. The number of imidazole rings is 1. The number of carboxylic acid groups (broad SMARTS) is 1. The van der Waals surface area contributed by atoms with Crippen molar-refractivity contribution in [1.29, 1.82) is 0 Å².